The molecule has 0 aliphatic carbocycles. The first-order chi connectivity index (χ1) is 8.08. The monoisotopic (exact) mass is 273 g/mol. The fraction of sp³-hybridized carbons (Fsp3) is 0.273. The fourth-order valence-corrected chi connectivity index (χ4v) is 1.91. The molecule has 0 aliphatic rings. The van der Waals surface area contributed by atoms with E-state index >= 15 is 0 Å². The minimum Gasteiger partial charge on any atom is -0.481 e. The first kappa shape index (κ1) is 13.9. The number of thioether (sulfide) groups is 1. The molecule has 0 fully saturated rings. The van der Waals surface area contributed by atoms with Crippen LogP contribution in [-0.4, -0.2) is 28.5 Å². The number of carboxylic acids is 1. The van der Waals surface area contributed by atoms with Crippen LogP contribution in [0.1, 0.15) is 5.56 Å². The number of hydrogen-bond donors (Lipinski definition) is 2. The van der Waals surface area contributed by atoms with E-state index in [4.69, 9.17) is 16.7 Å². The second-order valence-electron chi connectivity index (χ2n) is 3.29. The van der Waals surface area contributed by atoms with Gasteiger partial charge in [-0.25, -0.2) is 0 Å². The number of amides is 1. The van der Waals surface area contributed by atoms with Gasteiger partial charge in [0, 0.05) is 11.6 Å². The molecule has 92 valence electrons. The molecule has 2 N–H and O–H groups in total. The zero-order valence-electron chi connectivity index (χ0n) is 8.98. The summed E-state index contributed by atoms with van der Waals surface area (Å²) in [4.78, 5) is 21.6. The first-order valence-electron chi connectivity index (χ1n) is 4.88. The number of aliphatic carboxylic acids is 1. The summed E-state index contributed by atoms with van der Waals surface area (Å²) in [7, 11) is 0. The molecule has 1 rings (SSSR count). The van der Waals surface area contributed by atoms with Crippen LogP contribution < -0.4 is 5.32 Å². The smallest absolute Gasteiger partial charge is 0.313 e. The number of halogens is 1. The van der Waals surface area contributed by atoms with Crippen molar-refractivity contribution in [1.82, 2.24) is 5.32 Å². The Labute approximate surface area is 108 Å². The van der Waals surface area contributed by atoms with Crippen molar-refractivity contribution in [3.63, 3.8) is 0 Å². The molecule has 17 heavy (non-hydrogen) atoms. The summed E-state index contributed by atoms with van der Waals surface area (Å²) in [6.45, 7) is 0.396. The molecule has 1 aromatic rings. The molecule has 0 bridgehead atoms. The van der Waals surface area contributed by atoms with Crippen molar-refractivity contribution in [3.05, 3.63) is 34.9 Å². The zero-order chi connectivity index (χ0) is 12.7. The van der Waals surface area contributed by atoms with Gasteiger partial charge in [-0.1, -0.05) is 23.7 Å². The third-order valence-corrected chi connectivity index (χ3v) is 2.99. The van der Waals surface area contributed by atoms with E-state index in [9.17, 15) is 9.59 Å². The largest absolute Gasteiger partial charge is 0.481 e. The Morgan fingerprint density at radius 2 is 2.12 bits per heavy atom. The number of carboxylic acid groups (broad SMARTS) is 1. The van der Waals surface area contributed by atoms with Crippen molar-refractivity contribution in [1.29, 1.82) is 0 Å². The Morgan fingerprint density at radius 3 is 2.76 bits per heavy atom. The van der Waals surface area contributed by atoms with E-state index in [0.717, 1.165) is 17.3 Å². The third-order valence-electron chi connectivity index (χ3n) is 1.84. The van der Waals surface area contributed by atoms with Crippen LogP contribution in [-0.2, 0) is 16.1 Å². The lowest BCUT2D eigenvalue weighted by molar-refractivity contribution is -0.133. The Kier molecular flexibility index (Phi) is 5.86. The summed E-state index contributed by atoms with van der Waals surface area (Å²) >= 11 is 6.87. The van der Waals surface area contributed by atoms with Crippen LogP contribution in [0, 0.1) is 0 Å². The van der Waals surface area contributed by atoms with Crippen molar-refractivity contribution in [3.8, 4) is 0 Å². The van der Waals surface area contributed by atoms with E-state index in [1.54, 1.807) is 12.1 Å². The van der Waals surface area contributed by atoms with E-state index in [0.29, 0.717) is 11.6 Å². The predicted octanol–water partition coefficient (Wildman–Crippen LogP) is 1.77. The minimum atomic E-state index is -0.919. The standard InChI is InChI=1S/C11H12ClNO3S/c12-9-3-1-2-8(4-9)5-13-10(14)6-17-7-11(15)16/h1-4H,5-7H2,(H,13,14)(H,15,16). The summed E-state index contributed by atoms with van der Waals surface area (Å²) in [5.41, 5.74) is 0.911. The Morgan fingerprint density at radius 1 is 1.35 bits per heavy atom. The van der Waals surface area contributed by atoms with E-state index in [1.165, 1.54) is 0 Å². The highest BCUT2D eigenvalue weighted by molar-refractivity contribution is 8.00. The van der Waals surface area contributed by atoms with Crippen molar-refractivity contribution >= 4 is 35.2 Å². The lowest BCUT2D eigenvalue weighted by atomic mass is 10.2. The quantitative estimate of drug-likeness (QED) is 0.829. The maximum Gasteiger partial charge on any atom is 0.313 e. The van der Waals surface area contributed by atoms with Crippen molar-refractivity contribution in [2.24, 2.45) is 0 Å². The number of nitrogens with one attached hydrogen (secondary N) is 1. The average molecular weight is 274 g/mol. The van der Waals surface area contributed by atoms with Gasteiger partial charge < -0.3 is 10.4 Å². The average Bonchev–Trinajstić information content (AvgIpc) is 2.26. The van der Waals surface area contributed by atoms with Gasteiger partial charge in [-0.05, 0) is 17.7 Å². The molecule has 0 aliphatic heterocycles. The molecule has 0 aromatic heterocycles. The van der Waals surface area contributed by atoms with Gasteiger partial charge in [-0.15, -0.1) is 11.8 Å². The number of hydrogen-bond acceptors (Lipinski definition) is 3. The van der Waals surface area contributed by atoms with Crippen molar-refractivity contribution in [2.75, 3.05) is 11.5 Å². The molecule has 4 nitrogen and oxygen atoms in total. The van der Waals surface area contributed by atoms with Crippen LogP contribution in [0.25, 0.3) is 0 Å². The molecule has 0 heterocycles. The lowest BCUT2D eigenvalue weighted by Crippen LogP contribution is -2.25. The Bertz CT molecular complexity index is 411. The van der Waals surface area contributed by atoms with Gasteiger partial charge >= 0.3 is 5.97 Å². The number of benzene rings is 1. The van der Waals surface area contributed by atoms with Crippen molar-refractivity contribution in [2.45, 2.75) is 6.54 Å². The lowest BCUT2D eigenvalue weighted by Gasteiger charge is -2.04. The molecule has 0 saturated carbocycles. The van der Waals surface area contributed by atoms with E-state index in [1.807, 2.05) is 12.1 Å². The summed E-state index contributed by atoms with van der Waals surface area (Å²) in [5.74, 6) is -1.02. The van der Waals surface area contributed by atoms with Crippen molar-refractivity contribution < 1.29 is 14.7 Å². The normalized spacial score (nSPS) is 9.94. The van der Waals surface area contributed by atoms with Crippen LogP contribution in [0.3, 0.4) is 0 Å². The minimum absolute atomic E-state index is 0.0649. The van der Waals surface area contributed by atoms with Gasteiger partial charge in [-0.3, -0.25) is 9.59 Å². The number of carbonyl (C=O) groups excluding carboxylic acids is 1. The highest BCUT2D eigenvalue weighted by Crippen LogP contribution is 2.10. The zero-order valence-corrected chi connectivity index (χ0v) is 10.6. The fourth-order valence-electron chi connectivity index (χ4n) is 1.13. The van der Waals surface area contributed by atoms with Gasteiger partial charge in [0.05, 0.1) is 11.5 Å². The van der Waals surface area contributed by atoms with Gasteiger partial charge in [0.25, 0.3) is 0 Å². The second kappa shape index (κ2) is 7.19. The second-order valence-corrected chi connectivity index (χ2v) is 4.72. The number of carbonyl (C=O) groups is 2. The Hall–Kier alpha value is -1.20. The van der Waals surface area contributed by atoms with Crippen LogP contribution in [0.2, 0.25) is 5.02 Å². The maximum absolute atomic E-state index is 11.3. The molecular weight excluding hydrogens is 262 g/mol. The summed E-state index contributed by atoms with van der Waals surface area (Å²) in [5, 5.41) is 11.7. The summed E-state index contributed by atoms with van der Waals surface area (Å²) in [6, 6.07) is 7.20. The van der Waals surface area contributed by atoms with Gasteiger partial charge in [-0.2, -0.15) is 0 Å². The topological polar surface area (TPSA) is 66.4 Å². The van der Waals surface area contributed by atoms with Crippen LogP contribution in [0.4, 0.5) is 0 Å². The van der Waals surface area contributed by atoms with E-state index in [-0.39, 0.29) is 17.4 Å². The van der Waals surface area contributed by atoms with Crippen LogP contribution in [0.5, 0.6) is 0 Å². The Balaban J connectivity index is 2.26. The van der Waals surface area contributed by atoms with E-state index < -0.39 is 5.97 Å². The third kappa shape index (κ3) is 6.19. The molecule has 0 spiro atoms. The van der Waals surface area contributed by atoms with Gasteiger partial charge in [0.1, 0.15) is 0 Å². The number of rotatable bonds is 6. The molecule has 0 atom stereocenters. The molecule has 1 amide bonds. The highest BCUT2D eigenvalue weighted by Gasteiger charge is 2.04. The predicted molar refractivity (Wildman–Crippen MR) is 68.3 cm³/mol. The van der Waals surface area contributed by atoms with Gasteiger partial charge in [0.2, 0.25) is 5.91 Å². The maximum atomic E-state index is 11.3. The van der Waals surface area contributed by atoms with Crippen LogP contribution in [0.15, 0.2) is 24.3 Å². The molecule has 1 aromatic carbocycles. The van der Waals surface area contributed by atoms with Crippen LogP contribution >= 0.6 is 23.4 Å². The molecule has 0 saturated heterocycles. The SMILES string of the molecule is O=C(O)CSCC(=O)NCc1cccc(Cl)c1. The van der Waals surface area contributed by atoms with E-state index in [2.05, 4.69) is 5.32 Å². The highest BCUT2D eigenvalue weighted by atomic mass is 35.5. The molecule has 0 radical (unpaired) electrons. The summed E-state index contributed by atoms with van der Waals surface area (Å²) < 4.78 is 0. The molecule has 6 heteroatoms. The first-order valence-corrected chi connectivity index (χ1v) is 6.42. The van der Waals surface area contributed by atoms with Gasteiger partial charge in [0.15, 0.2) is 0 Å². The summed E-state index contributed by atoms with van der Waals surface area (Å²) in [6.07, 6.45) is 0. The molecular formula is C11H12ClNO3S. The molecule has 0 unspecified atom stereocenters.